The van der Waals surface area contributed by atoms with Crippen molar-refractivity contribution in [3.05, 3.63) is 66.2 Å². The molecule has 116 valence electrons. The second kappa shape index (κ2) is 6.25. The first-order valence-corrected chi connectivity index (χ1v) is 8.94. The van der Waals surface area contributed by atoms with E-state index in [1.54, 1.807) is 18.8 Å². The molecular formula is C17H21N2O2P. The highest BCUT2D eigenvalue weighted by atomic mass is 31.2. The molecule has 2 aromatic carbocycles. The third-order valence-electron chi connectivity index (χ3n) is 3.97. The summed E-state index contributed by atoms with van der Waals surface area (Å²) in [6.07, 6.45) is 0. The lowest BCUT2D eigenvalue weighted by Crippen LogP contribution is -2.38. The Balaban J connectivity index is 1.95. The van der Waals surface area contributed by atoms with E-state index in [9.17, 15) is 4.57 Å². The fourth-order valence-corrected chi connectivity index (χ4v) is 4.74. The zero-order chi connectivity index (χ0) is 15.6. The van der Waals surface area contributed by atoms with Crippen molar-refractivity contribution in [3.63, 3.8) is 0 Å². The van der Waals surface area contributed by atoms with Gasteiger partial charge in [-0.15, -0.1) is 0 Å². The molecule has 1 saturated heterocycles. The summed E-state index contributed by atoms with van der Waals surface area (Å²) < 4.78 is 22.7. The predicted octanol–water partition coefficient (Wildman–Crippen LogP) is 3.98. The monoisotopic (exact) mass is 316 g/mol. The topological polar surface area (TPSA) is 32.8 Å². The fraction of sp³-hybridized carbons (Fsp3) is 0.294. The summed E-state index contributed by atoms with van der Waals surface area (Å²) >= 11 is 0. The zero-order valence-electron chi connectivity index (χ0n) is 12.9. The minimum atomic E-state index is -3.01. The smallest absolute Gasteiger partial charge is 0.301 e. The van der Waals surface area contributed by atoms with E-state index < -0.39 is 7.67 Å². The van der Waals surface area contributed by atoms with Gasteiger partial charge in [0.1, 0.15) is 0 Å². The normalized spacial score (nSPS) is 25.4. The van der Waals surface area contributed by atoms with Crippen LogP contribution in [0.5, 0.6) is 0 Å². The van der Waals surface area contributed by atoms with Crippen molar-refractivity contribution in [1.29, 1.82) is 0 Å². The summed E-state index contributed by atoms with van der Waals surface area (Å²) in [6, 6.07) is 20.1. The van der Waals surface area contributed by atoms with Crippen LogP contribution in [0.1, 0.15) is 11.5 Å². The molecule has 1 fully saturated rings. The number of nitrogens with zero attached hydrogens (tertiary/aromatic N) is 2. The van der Waals surface area contributed by atoms with Crippen molar-refractivity contribution < 1.29 is 9.09 Å². The molecule has 4 nitrogen and oxygen atoms in total. The van der Waals surface area contributed by atoms with Gasteiger partial charge < -0.3 is 4.52 Å². The molecule has 0 radical (unpaired) electrons. The minimum absolute atomic E-state index is 0.212. The van der Waals surface area contributed by atoms with E-state index in [0.717, 1.165) is 5.69 Å². The molecule has 3 rings (SSSR count). The van der Waals surface area contributed by atoms with Gasteiger partial charge in [0.2, 0.25) is 0 Å². The first-order chi connectivity index (χ1) is 10.6. The molecule has 0 saturated carbocycles. The Morgan fingerprint density at radius 2 is 1.64 bits per heavy atom. The van der Waals surface area contributed by atoms with Crippen LogP contribution in [-0.4, -0.2) is 31.9 Å². The van der Waals surface area contributed by atoms with Gasteiger partial charge in [-0.3, -0.25) is 4.67 Å². The van der Waals surface area contributed by atoms with Crippen LogP contribution >= 0.6 is 7.67 Å². The molecule has 0 aliphatic carbocycles. The van der Waals surface area contributed by atoms with Crippen LogP contribution in [0.4, 0.5) is 5.69 Å². The Bertz CT molecular complexity index is 661. The van der Waals surface area contributed by atoms with Crippen LogP contribution in [0.25, 0.3) is 0 Å². The van der Waals surface area contributed by atoms with Crippen molar-refractivity contribution in [2.45, 2.75) is 5.92 Å². The van der Waals surface area contributed by atoms with Gasteiger partial charge in [0, 0.05) is 18.2 Å². The second-order valence-corrected chi connectivity index (χ2v) is 8.18. The van der Waals surface area contributed by atoms with Gasteiger partial charge in [-0.25, -0.2) is 9.24 Å². The summed E-state index contributed by atoms with van der Waals surface area (Å²) in [7, 11) is 0.602. The molecule has 0 N–H and O–H groups in total. The first kappa shape index (κ1) is 15.3. The molecule has 1 aliphatic heterocycles. The number of benzene rings is 2. The molecular weight excluding hydrogens is 295 g/mol. The number of rotatable bonds is 3. The van der Waals surface area contributed by atoms with E-state index in [0.29, 0.717) is 13.2 Å². The Morgan fingerprint density at radius 1 is 1.05 bits per heavy atom. The Labute approximate surface area is 131 Å². The van der Waals surface area contributed by atoms with Gasteiger partial charge in [0.25, 0.3) is 0 Å². The van der Waals surface area contributed by atoms with Crippen LogP contribution in [0.3, 0.4) is 0 Å². The van der Waals surface area contributed by atoms with Gasteiger partial charge in [0.05, 0.1) is 6.61 Å². The predicted molar refractivity (Wildman–Crippen MR) is 90.2 cm³/mol. The summed E-state index contributed by atoms with van der Waals surface area (Å²) in [5.41, 5.74) is 2.15. The molecule has 0 unspecified atom stereocenters. The van der Waals surface area contributed by atoms with Crippen LogP contribution in [0.2, 0.25) is 0 Å². The van der Waals surface area contributed by atoms with Gasteiger partial charge in [-0.2, -0.15) is 0 Å². The number of hydrogen-bond donors (Lipinski definition) is 0. The molecule has 0 amide bonds. The van der Waals surface area contributed by atoms with Crippen LogP contribution in [0.15, 0.2) is 60.7 Å². The average molecular weight is 316 g/mol. The zero-order valence-corrected chi connectivity index (χ0v) is 13.8. The van der Waals surface area contributed by atoms with Gasteiger partial charge >= 0.3 is 7.67 Å². The lowest BCUT2D eigenvalue weighted by Gasteiger charge is -2.42. The minimum Gasteiger partial charge on any atom is -0.301 e. The van der Waals surface area contributed by atoms with Crippen molar-refractivity contribution in [3.8, 4) is 0 Å². The van der Waals surface area contributed by atoms with Crippen molar-refractivity contribution in [2.24, 2.45) is 0 Å². The van der Waals surface area contributed by atoms with Gasteiger partial charge in [0.15, 0.2) is 0 Å². The Morgan fingerprint density at radius 3 is 2.23 bits per heavy atom. The number of hydrogen-bond acceptors (Lipinski definition) is 2. The Kier molecular flexibility index (Phi) is 4.34. The molecule has 22 heavy (non-hydrogen) atoms. The van der Waals surface area contributed by atoms with Gasteiger partial charge in [-0.05, 0) is 31.8 Å². The fourth-order valence-electron chi connectivity index (χ4n) is 2.73. The van der Waals surface area contributed by atoms with Crippen molar-refractivity contribution in [2.75, 3.05) is 31.9 Å². The summed E-state index contributed by atoms with van der Waals surface area (Å²) in [4.78, 5) is 0. The maximum Gasteiger partial charge on any atom is 0.370 e. The van der Waals surface area contributed by atoms with Crippen molar-refractivity contribution >= 4 is 13.4 Å². The maximum atomic E-state index is 13.3. The lowest BCUT2D eigenvalue weighted by atomic mass is 10.00. The summed E-state index contributed by atoms with van der Waals surface area (Å²) in [5.74, 6) is 0.212. The molecule has 0 spiro atoms. The third kappa shape index (κ3) is 2.82. The number of anilines is 1. The Hall–Kier alpha value is -1.61. The maximum absolute atomic E-state index is 13.3. The molecule has 1 heterocycles. The SMILES string of the molecule is CN(C)[P@]1(=O)OC[C@@H](c2ccccc2)CN1c1ccccc1. The first-order valence-electron chi connectivity index (χ1n) is 7.41. The molecule has 0 aromatic heterocycles. The standard InChI is InChI=1S/C17H21N2O2P/c1-18(2)22(20)19(17-11-7-4-8-12-17)13-16(14-21-22)15-9-5-3-6-10-15/h3-12,16H,13-14H2,1-2H3/t16-,22-/m0/s1. The molecule has 2 atom stereocenters. The summed E-state index contributed by atoms with van der Waals surface area (Å²) in [6.45, 7) is 1.16. The van der Waals surface area contributed by atoms with E-state index >= 15 is 0 Å². The molecule has 2 aromatic rings. The van der Waals surface area contributed by atoms with Gasteiger partial charge in [-0.1, -0.05) is 48.5 Å². The second-order valence-electron chi connectivity index (χ2n) is 5.66. The van der Waals surface area contributed by atoms with E-state index in [-0.39, 0.29) is 5.92 Å². The molecule has 5 heteroatoms. The highest BCUT2D eigenvalue weighted by Gasteiger charge is 2.41. The van der Waals surface area contributed by atoms with Crippen LogP contribution in [-0.2, 0) is 9.09 Å². The summed E-state index contributed by atoms with van der Waals surface area (Å²) in [5, 5.41) is 0. The van der Waals surface area contributed by atoms with E-state index in [2.05, 4.69) is 12.1 Å². The van der Waals surface area contributed by atoms with E-state index in [1.165, 1.54) is 5.56 Å². The van der Waals surface area contributed by atoms with E-state index in [1.807, 2.05) is 53.2 Å². The third-order valence-corrected chi connectivity index (χ3v) is 6.47. The largest absolute Gasteiger partial charge is 0.370 e. The van der Waals surface area contributed by atoms with Crippen LogP contribution in [0, 0.1) is 0 Å². The quantitative estimate of drug-likeness (QED) is 0.802. The number of para-hydroxylation sites is 1. The highest BCUT2D eigenvalue weighted by Crippen LogP contribution is 2.58. The lowest BCUT2D eigenvalue weighted by molar-refractivity contribution is 0.238. The highest BCUT2D eigenvalue weighted by molar-refractivity contribution is 7.58. The molecule has 1 aliphatic rings. The van der Waals surface area contributed by atoms with Crippen LogP contribution < -0.4 is 4.67 Å². The average Bonchev–Trinajstić information content (AvgIpc) is 2.57. The van der Waals surface area contributed by atoms with Crippen molar-refractivity contribution in [1.82, 2.24) is 4.67 Å². The van der Waals surface area contributed by atoms with E-state index in [4.69, 9.17) is 4.52 Å². The molecule has 0 bridgehead atoms.